The minimum absolute atomic E-state index is 0.111. The fraction of sp³-hybridized carbons (Fsp3) is 0.368. The van der Waals surface area contributed by atoms with Crippen molar-refractivity contribution in [1.29, 1.82) is 0 Å². The summed E-state index contributed by atoms with van der Waals surface area (Å²) >= 11 is 0. The van der Waals surface area contributed by atoms with E-state index in [9.17, 15) is 9.59 Å². The fourth-order valence-electron chi connectivity index (χ4n) is 3.79. The number of anilines is 1. The van der Waals surface area contributed by atoms with Crippen molar-refractivity contribution in [1.82, 2.24) is 10.6 Å². The molecule has 6 nitrogen and oxygen atoms in total. The number of furan rings is 1. The van der Waals surface area contributed by atoms with Gasteiger partial charge in [0, 0.05) is 36.8 Å². The Hall–Kier alpha value is -2.60. The Morgan fingerprint density at radius 1 is 1.12 bits per heavy atom. The molecule has 130 valence electrons. The molecule has 1 aromatic heterocycles. The molecule has 2 aromatic rings. The quantitative estimate of drug-likeness (QED) is 0.799. The molecule has 2 amide bonds. The van der Waals surface area contributed by atoms with Gasteiger partial charge in [-0.05, 0) is 55.2 Å². The summed E-state index contributed by atoms with van der Waals surface area (Å²) in [6.07, 6.45) is 2.14. The standard InChI is InChI=1S/C19H21N3O3/c1-11(23)21-14-4-2-12(3-5-14)17-6-7-18(25-17)19(24)22-16-9-15-8-13(16)10-20-15/h2-7,13,15-16,20H,8-10H2,1H3,(H,21,23)(H,22,24). The van der Waals surface area contributed by atoms with Crippen LogP contribution in [0.1, 0.15) is 30.3 Å². The zero-order valence-electron chi connectivity index (χ0n) is 14.0. The molecule has 3 unspecified atom stereocenters. The van der Waals surface area contributed by atoms with Crippen molar-refractivity contribution in [3.8, 4) is 11.3 Å². The number of hydrogen-bond donors (Lipinski definition) is 3. The summed E-state index contributed by atoms with van der Waals surface area (Å²) in [6, 6.07) is 11.6. The molecule has 1 aliphatic heterocycles. The third-order valence-corrected chi connectivity index (χ3v) is 5.00. The summed E-state index contributed by atoms with van der Waals surface area (Å²) in [7, 11) is 0. The van der Waals surface area contributed by atoms with E-state index < -0.39 is 0 Å². The van der Waals surface area contributed by atoms with Crippen LogP contribution in [0.5, 0.6) is 0 Å². The lowest BCUT2D eigenvalue weighted by molar-refractivity contribution is -0.114. The van der Waals surface area contributed by atoms with Gasteiger partial charge in [0.25, 0.3) is 5.91 Å². The van der Waals surface area contributed by atoms with Crippen LogP contribution >= 0.6 is 0 Å². The van der Waals surface area contributed by atoms with Gasteiger partial charge in [-0.15, -0.1) is 0 Å². The number of amides is 2. The second-order valence-corrected chi connectivity index (χ2v) is 6.84. The Balaban J connectivity index is 1.42. The Kier molecular flexibility index (Phi) is 4.05. The number of nitrogens with one attached hydrogen (secondary N) is 3. The summed E-state index contributed by atoms with van der Waals surface area (Å²) in [4.78, 5) is 23.5. The molecule has 1 aromatic carbocycles. The predicted molar refractivity (Wildman–Crippen MR) is 94.2 cm³/mol. The molecule has 4 rings (SSSR count). The summed E-state index contributed by atoms with van der Waals surface area (Å²) in [5, 5.41) is 9.26. The number of rotatable bonds is 4. The molecule has 3 atom stereocenters. The summed E-state index contributed by atoms with van der Waals surface area (Å²) in [6.45, 7) is 2.46. The van der Waals surface area contributed by atoms with E-state index >= 15 is 0 Å². The number of carbonyl (C=O) groups is 2. The molecule has 2 fully saturated rings. The van der Waals surface area contributed by atoms with E-state index in [0.29, 0.717) is 23.5 Å². The maximum absolute atomic E-state index is 12.4. The lowest BCUT2D eigenvalue weighted by Crippen LogP contribution is -2.44. The van der Waals surface area contributed by atoms with Crippen LogP contribution in [0.25, 0.3) is 11.3 Å². The van der Waals surface area contributed by atoms with Crippen LogP contribution < -0.4 is 16.0 Å². The third-order valence-electron chi connectivity index (χ3n) is 5.00. The number of hydrogen-bond acceptors (Lipinski definition) is 4. The minimum Gasteiger partial charge on any atom is -0.451 e. The highest BCUT2D eigenvalue weighted by Gasteiger charge is 2.40. The first-order chi connectivity index (χ1) is 12.1. The molecule has 2 heterocycles. The van der Waals surface area contributed by atoms with Gasteiger partial charge in [-0.2, -0.15) is 0 Å². The van der Waals surface area contributed by atoms with Crippen LogP contribution in [0.4, 0.5) is 5.69 Å². The predicted octanol–water partition coefficient (Wildman–Crippen LogP) is 2.39. The van der Waals surface area contributed by atoms with Gasteiger partial charge in [0.05, 0.1) is 0 Å². The second-order valence-electron chi connectivity index (χ2n) is 6.84. The topological polar surface area (TPSA) is 83.4 Å². The first-order valence-corrected chi connectivity index (χ1v) is 8.60. The van der Waals surface area contributed by atoms with Crippen LogP contribution in [0, 0.1) is 5.92 Å². The van der Waals surface area contributed by atoms with E-state index in [1.807, 2.05) is 12.1 Å². The van der Waals surface area contributed by atoms with E-state index in [1.54, 1.807) is 24.3 Å². The van der Waals surface area contributed by atoms with E-state index in [0.717, 1.165) is 30.6 Å². The van der Waals surface area contributed by atoms with Gasteiger partial charge in [0.2, 0.25) is 5.91 Å². The molecule has 1 saturated heterocycles. The number of benzene rings is 1. The van der Waals surface area contributed by atoms with Crippen molar-refractivity contribution in [2.24, 2.45) is 5.92 Å². The summed E-state index contributed by atoms with van der Waals surface area (Å²) < 4.78 is 5.73. The van der Waals surface area contributed by atoms with Crippen molar-refractivity contribution in [2.45, 2.75) is 31.8 Å². The van der Waals surface area contributed by atoms with Crippen molar-refractivity contribution >= 4 is 17.5 Å². The first-order valence-electron chi connectivity index (χ1n) is 8.60. The molecule has 0 radical (unpaired) electrons. The SMILES string of the molecule is CC(=O)Nc1ccc(-c2ccc(C(=O)NC3CC4CC3CN4)o2)cc1. The van der Waals surface area contributed by atoms with Crippen molar-refractivity contribution in [3.05, 3.63) is 42.2 Å². The molecule has 1 saturated carbocycles. The molecule has 25 heavy (non-hydrogen) atoms. The minimum atomic E-state index is -0.154. The molecule has 0 spiro atoms. The lowest BCUT2D eigenvalue weighted by Gasteiger charge is -2.22. The number of piperidine rings is 1. The number of carbonyl (C=O) groups excluding carboxylic acids is 2. The summed E-state index contributed by atoms with van der Waals surface area (Å²) in [5.41, 5.74) is 1.59. The average molecular weight is 339 g/mol. The highest BCUT2D eigenvalue weighted by atomic mass is 16.3. The number of fused-ring (bicyclic) bond motifs is 2. The largest absolute Gasteiger partial charge is 0.451 e. The maximum Gasteiger partial charge on any atom is 0.287 e. The van der Waals surface area contributed by atoms with Gasteiger partial charge in [-0.3, -0.25) is 9.59 Å². The Bertz CT molecular complexity index is 797. The van der Waals surface area contributed by atoms with E-state index in [2.05, 4.69) is 16.0 Å². The van der Waals surface area contributed by atoms with Crippen LogP contribution in [0.2, 0.25) is 0 Å². The average Bonchev–Trinajstić information content (AvgIpc) is 3.31. The van der Waals surface area contributed by atoms with Crippen LogP contribution in [-0.4, -0.2) is 30.4 Å². The van der Waals surface area contributed by atoms with Crippen molar-refractivity contribution in [3.63, 3.8) is 0 Å². The lowest BCUT2D eigenvalue weighted by atomic mass is 10.0. The normalized spacial score (nSPS) is 24.3. The molecule has 6 heteroatoms. The van der Waals surface area contributed by atoms with Gasteiger partial charge in [0.15, 0.2) is 5.76 Å². The first kappa shape index (κ1) is 15.9. The maximum atomic E-state index is 12.4. The van der Waals surface area contributed by atoms with Gasteiger partial charge in [-0.1, -0.05) is 0 Å². The Morgan fingerprint density at radius 2 is 1.92 bits per heavy atom. The van der Waals surface area contributed by atoms with Gasteiger partial charge in [-0.25, -0.2) is 0 Å². The van der Waals surface area contributed by atoms with Crippen molar-refractivity contribution in [2.75, 3.05) is 11.9 Å². The second kappa shape index (κ2) is 6.37. The Morgan fingerprint density at radius 3 is 2.56 bits per heavy atom. The molecule has 2 aliphatic rings. The van der Waals surface area contributed by atoms with Crippen LogP contribution in [0.15, 0.2) is 40.8 Å². The smallest absolute Gasteiger partial charge is 0.287 e. The zero-order chi connectivity index (χ0) is 17.4. The monoisotopic (exact) mass is 339 g/mol. The molecule has 3 N–H and O–H groups in total. The third kappa shape index (κ3) is 3.30. The highest BCUT2D eigenvalue weighted by Crippen LogP contribution is 2.31. The highest BCUT2D eigenvalue weighted by molar-refractivity contribution is 5.92. The molecule has 1 aliphatic carbocycles. The molecular formula is C19H21N3O3. The summed E-state index contributed by atoms with van der Waals surface area (Å²) in [5.74, 6) is 1.23. The Labute approximate surface area is 146 Å². The zero-order valence-corrected chi connectivity index (χ0v) is 14.0. The van der Waals surface area contributed by atoms with E-state index in [-0.39, 0.29) is 17.9 Å². The van der Waals surface area contributed by atoms with Crippen LogP contribution in [-0.2, 0) is 4.79 Å². The fourth-order valence-corrected chi connectivity index (χ4v) is 3.79. The van der Waals surface area contributed by atoms with E-state index in [1.165, 1.54) is 6.92 Å². The van der Waals surface area contributed by atoms with Gasteiger partial charge < -0.3 is 20.4 Å². The van der Waals surface area contributed by atoms with Crippen molar-refractivity contribution < 1.29 is 14.0 Å². The molecular weight excluding hydrogens is 318 g/mol. The van der Waals surface area contributed by atoms with E-state index in [4.69, 9.17) is 4.42 Å². The van der Waals surface area contributed by atoms with Gasteiger partial charge in [0.1, 0.15) is 5.76 Å². The molecule has 2 bridgehead atoms. The van der Waals surface area contributed by atoms with Crippen LogP contribution in [0.3, 0.4) is 0 Å². The van der Waals surface area contributed by atoms with Gasteiger partial charge >= 0.3 is 0 Å².